The molecule has 6 aliphatic rings. The van der Waals surface area contributed by atoms with Crippen molar-refractivity contribution in [2.45, 2.75) is 56.3 Å². The smallest absolute Gasteiger partial charge is 0.319 e. The molecule has 11 heteroatoms. The van der Waals surface area contributed by atoms with Crippen molar-refractivity contribution >= 4 is 27.5 Å². The molecule has 10 rings (SSSR count). The minimum absolute atomic E-state index is 0.0154. The molecule has 5 fully saturated rings. The third kappa shape index (κ3) is 3.80. The molecule has 7 heterocycles. The van der Waals surface area contributed by atoms with E-state index in [1.165, 1.54) is 24.3 Å². The van der Waals surface area contributed by atoms with Crippen LogP contribution in [0.2, 0.25) is 0 Å². The highest BCUT2D eigenvalue weighted by molar-refractivity contribution is 6.04. The van der Waals surface area contributed by atoms with Gasteiger partial charge in [0.25, 0.3) is 0 Å². The lowest BCUT2D eigenvalue weighted by molar-refractivity contribution is 0.0785. The fourth-order valence-electron chi connectivity index (χ4n) is 7.99. The van der Waals surface area contributed by atoms with Crippen LogP contribution in [0.1, 0.15) is 37.7 Å². The Bertz CT molecular complexity index is 1920. The number of nitrogens with zero attached hydrogens (tertiary/aromatic N) is 4. The van der Waals surface area contributed by atoms with Crippen LogP contribution in [0.4, 0.5) is 14.6 Å². The van der Waals surface area contributed by atoms with Crippen LogP contribution in [0.25, 0.3) is 32.9 Å². The molecule has 1 aliphatic carbocycles. The Balaban J connectivity index is 1.28. The molecule has 224 valence electrons. The summed E-state index contributed by atoms with van der Waals surface area (Å²) in [6.07, 6.45) is 10.7. The first-order chi connectivity index (χ1) is 21.4. The first kappa shape index (κ1) is 26.2. The molecular weight excluding hydrogens is 568 g/mol. The zero-order chi connectivity index (χ0) is 29.7. The first-order valence-electron chi connectivity index (χ1n) is 15.1. The maximum atomic E-state index is 17.0. The molecule has 4 aromatic rings. The molecule has 2 N–H and O–H groups in total. The minimum atomic E-state index is -0.763. The van der Waals surface area contributed by atoms with Crippen molar-refractivity contribution in [3.8, 4) is 41.2 Å². The number of benzene rings is 2. The quantitative estimate of drug-likeness (QED) is 0.330. The van der Waals surface area contributed by atoms with Crippen LogP contribution in [-0.2, 0) is 4.74 Å². The summed E-state index contributed by atoms with van der Waals surface area (Å²) >= 11 is 0. The highest BCUT2D eigenvalue weighted by Gasteiger charge is 2.52. The maximum absolute atomic E-state index is 17.0. The number of hydrogen-bond acceptors (Lipinski definition) is 9. The Morgan fingerprint density at radius 2 is 2.02 bits per heavy atom. The van der Waals surface area contributed by atoms with Gasteiger partial charge in [0.2, 0.25) is 5.88 Å². The molecule has 5 aliphatic heterocycles. The number of phenols is 1. The molecule has 3 atom stereocenters. The van der Waals surface area contributed by atoms with Crippen molar-refractivity contribution in [1.82, 2.24) is 20.3 Å². The van der Waals surface area contributed by atoms with Gasteiger partial charge in [-0.3, -0.25) is 0 Å². The Morgan fingerprint density at radius 3 is 2.84 bits per heavy atom. The van der Waals surface area contributed by atoms with Gasteiger partial charge in [-0.15, -0.1) is 6.42 Å². The van der Waals surface area contributed by atoms with E-state index in [0.29, 0.717) is 55.4 Å². The van der Waals surface area contributed by atoms with E-state index >= 15 is 4.39 Å². The third-order valence-electron chi connectivity index (χ3n) is 10.1. The average Bonchev–Trinajstić information content (AvgIpc) is 3.72. The van der Waals surface area contributed by atoms with Crippen LogP contribution in [0.3, 0.4) is 0 Å². The van der Waals surface area contributed by atoms with Crippen LogP contribution < -0.4 is 19.7 Å². The Kier molecular flexibility index (Phi) is 5.57. The number of halogens is 2. The number of hydrogen-bond donors (Lipinski definition) is 2. The van der Waals surface area contributed by atoms with E-state index in [9.17, 15) is 9.50 Å². The number of aromatic hydroxyl groups is 1. The van der Waals surface area contributed by atoms with E-state index in [1.807, 2.05) is 0 Å². The van der Waals surface area contributed by atoms with E-state index in [-0.39, 0.29) is 69.0 Å². The number of phenolic OH excluding ortho intramolecular Hbond substituents is 1. The Hall–Kier alpha value is -4.27. The van der Waals surface area contributed by atoms with Gasteiger partial charge in [0.1, 0.15) is 34.0 Å². The molecule has 0 amide bonds. The normalized spacial score (nSPS) is 28.2. The molecular formula is C33H29F2N5O4. The van der Waals surface area contributed by atoms with Crippen LogP contribution in [0.5, 0.6) is 17.6 Å². The van der Waals surface area contributed by atoms with E-state index in [1.54, 1.807) is 0 Å². The number of anilines is 1. The summed E-state index contributed by atoms with van der Waals surface area (Å²) in [6.45, 7) is 2.05. The summed E-state index contributed by atoms with van der Waals surface area (Å²) in [4.78, 5) is 16.4. The van der Waals surface area contributed by atoms with Crippen LogP contribution in [0, 0.1) is 29.4 Å². The van der Waals surface area contributed by atoms with Crippen LogP contribution in [-0.4, -0.2) is 70.7 Å². The fraction of sp³-hybridized carbons (Fsp3) is 0.424. The highest BCUT2D eigenvalue weighted by Crippen LogP contribution is 2.50. The highest BCUT2D eigenvalue weighted by atomic mass is 19.1. The molecule has 9 nitrogen and oxygen atoms in total. The first-order valence-corrected chi connectivity index (χ1v) is 15.1. The molecule has 2 aromatic carbocycles. The number of piperazine rings is 1. The number of fused-ring (bicyclic) bond motifs is 7. The maximum Gasteiger partial charge on any atom is 0.319 e. The number of rotatable bonds is 4. The summed E-state index contributed by atoms with van der Waals surface area (Å²) in [5.41, 5.74) is -0.160. The predicted molar refractivity (Wildman–Crippen MR) is 158 cm³/mol. The average molecular weight is 598 g/mol. The predicted octanol–water partition coefficient (Wildman–Crippen LogP) is 4.46. The molecule has 1 saturated carbocycles. The van der Waals surface area contributed by atoms with Crippen molar-refractivity contribution in [1.29, 1.82) is 0 Å². The van der Waals surface area contributed by atoms with E-state index < -0.39 is 11.6 Å². The minimum Gasteiger partial charge on any atom is -0.508 e. The fourth-order valence-corrected chi connectivity index (χ4v) is 7.99. The number of pyridine rings is 1. The molecule has 3 unspecified atom stereocenters. The van der Waals surface area contributed by atoms with Gasteiger partial charge in [0, 0.05) is 47.5 Å². The van der Waals surface area contributed by atoms with Gasteiger partial charge in [-0.25, -0.2) is 13.8 Å². The summed E-state index contributed by atoms with van der Waals surface area (Å²) in [5, 5.41) is 15.4. The van der Waals surface area contributed by atoms with Crippen molar-refractivity contribution < 1.29 is 28.1 Å². The number of nitrogens with one attached hydrogen (secondary N) is 1. The van der Waals surface area contributed by atoms with Gasteiger partial charge in [0.15, 0.2) is 5.82 Å². The van der Waals surface area contributed by atoms with Gasteiger partial charge in [-0.05, 0) is 49.3 Å². The van der Waals surface area contributed by atoms with Gasteiger partial charge < -0.3 is 29.5 Å². The SMILES string of the molecule is C#Cc1c(F)ccc2cc(O)cc(-c3nc4c5c(nc(OCC67COC(C6)C7)nc5c3F)N3CC5CCC(N5)C3CCO4)c12. The van der Waals surface area contributed by atoms with E-state index in [2.05, 4.69) is 26.1 Å². The standard InChI is InChI=1S/C33H29F2N5O4/c1-2-20-22(34)5-3-16-9-18(41)10-21(25(16)20)28-27(35)29-26-30(39-32(38-29)44-15-33-11-19(12-33)43-14-33)40-13-17-4-6-23(36-17)24(40)7-8-42-31(26)37-28/h1,3,5,9-10,17,19,23-24,36,41H,4,6-8,11-15H2. The summed E-state index contributed by atoms with van der Waals surface area (Å²) in [5.74, 6) is 1.55. The summed E-state index contributed by atoms with van der Waals surface area (Å²) in [6, 6.07) is 6.24. The third-order valence-corrected chi connectivity index (χ3v) is 10.1. The molecule has 2 aromatic heterocycles. The van der Waals surface area contributed by atoms with Gasteiger partial charge in [0.05, 0.1) is 31.5 Å². The van der Waals surface area contributed by atoms with Gasteiger partial charge in [-0.1, -0.05) is 12.0 Å². The Labute approximate surface area is 251 Å². The van der Waals surface area contributed by atoms with Crippen molar-refractivity contribution in [3.05, 3.63) is 41.5 Å². The van der Waals surface area contributed by atoms with Crippen LogP contribution >= 0.6 is 0 Å². The number of terminal acetylenes is 1. The van der Waals surface area contributed by atoms with Crippen molar-refractivity contribution in [2.75, 3.05) is 31.3 Å². The molecule has 4 bridgehead atoms. The summed E-state index contributed by atoms with van der Waals surface area (Å²) in [7, 11) is 0. The second kappa shape index (κ2) is 9.36. The second-order valence-corrected chi connectivity index (χ2v) is 12.8. The van der Waals surface area contributed by atoms with Gasteiger partial charge >= 0.3 is 6.01 Å². The monoisotopic (exact) mass is 597 g/mol. The summed E-state index contributed by atoms with van der Waals surface area (Å²) < 4.78 is 50.1. The largest absolute Gasteiger partial charge is 0.508 e. The second-order valence-electron chi connectivity index (χ2n) is 12.8. The molecule has 4 saturated heterocycles. The van der Waals surface area contributed by atoms with E-state index in [0.717, 1.165) is 25.7 Å². The molecule has 0 spiro atoms. The van der Waals surface area contributed by atoms with Gasteiger partial charge in [-0.2, -0.15) is 9.97 Å². The Morgan fingerprint density at radius 1 is 1.14 bits per heavy atom. The zero-order valence-electron chi connectivity index (χ0n) is 23.8. The topological polar surface area (TPSA) is 102 Å². The molecule has 0 radical (unpaired) electrons. The lowest BCUT2D eigenvalue weighted by atomic mass is 9.71. The molecule has 44 heavy (non-hydrogen) atoms. The van der Waals surface area contributed by atoms with Crippen molar-refractivity contribution in [3.63, 3.8) is 0 Å². The van der Waals surface area contributed by atoms with Crippen molar-refractivity contribution in [2.24, 2.45) is 5.41 Å². The lowest BCUT2D eigenvalue weighted by Gasteiger charge is -2.43. The zero-order valence-corrected chi connectivity index (χ0v) is 23.8. The lowest BCUT2D eigenvalue weighted by Crippen LogP contribution is -2.59. The van der Waals surface area contributed by atoms with Crippen LogP contribution in [0.15, 0.2) is 24.3 Å². The number of ether oxygens (including phenoxy) is 3. The van der Waals surface area contributed by atoms with E-state index in [4.69, 9.17) is 25.6 Å². The number of aromatic nitrogens is 3.